The number of para-hydroxylation sites is 1. The van der Waals surface area contributed by atoms with Crippen LogP contribution >= 0.6 is 0 Å². The van der Waals surface area contributed by atoms with Crippen LogP contribution in [0.15, 0.2) is 30.3 Å². The summed E-state index contributed by atoms with van der Waals surface area (Å²) in [5, 5.41) is 12.8. The second-order valence-corrected chi connectivity index (χ2v) is 5.32. The predicted molar refractivity (Wildman–Crippen MR) is 76.6 cm³/mol. The van der Waals surface area contributed by atoms with E-state index >= 15 is 0 Å². The number of aliphatic hydroxyl groups is 1. The summed E-state index contributed by atoms with van der Waals surface area (Å²) in [4.78, 5) is 13.4. The molecule has 1 saturated carbocycles. The smallest absolute Gasteiger partial charge is 0.234 e. The molecular formula is C15H22N2O3. The zero-order valence-electron chi connectivity index (χ0n) is 11.8. The Labute approximate surface area is 119 Å². The number of benzene rings is 1. The van der Waals surface area contributed by atoms with Gasteiger partial charge >= 0.3 is 0 Å². The highest BCUT2D eigenvalue weighted by atomic mass is 16.5. The first-order valence-electron chi connectivity index (χ1n) is 6.97. The van der Waals surface area contributed by atoms with E-state index < -0.39 is 6.10 Å². The summed E-state index contributed by atoms with van der Waals surface area (Å²) in [6.07, 6.45) is 1.56. The van der Waals surface area contributed by atoms with E-state index in [9.17, 15) is 9.90 Å². The van der Waals surface area contributed by atoms with Crippen LogP contribution in [-0.2, 0) is 4.79 Å². The highest BCUT2D eigenvalue weighted by Crippen LogP contribution is 2.18. The van der Waals surface area contributed by atoms with Gasteiger partial charge in [0.25, 0.3) is 0 Å². The number of carbonyl (C=O) groups excluding carboxylic acids is 1. The molecule has 5 heteroatoms. The SMILES string of the molecule is CN(CC(=O)NC1CC1)CC(O)COc1ccccc1. The van der Waals surface area contributed by atoms with Gasteiger partial charge in [-0.1, -0.05) is 18.2 Å². The Balaban J connectivity index is 1.62. The monoisotopic (exact) mass is 278 g/mol. The summed E-state index contributed by atoms with van der Waals surface area (Å²) in [5.74, 6) is 0.756. The van der Waals surface area contributed by atoms with Crippen molar-refractivity contribution in [3.63, 3.8) is 0 Å². The first-order chi connectivity index (χ1) is 9.63. The van der Waals surface area contributed by atoms with Crippen LogP contribution in [-0.4, -0.2) is 54.8 Å². The number of likely N-dealkylation sites (N-methyl/N-ethyl adjacent to an activating group) is 1. The first-order valence-corrected chi connectivity index (χ1v) is 6.97. The molecule has 1 unspecified atom stereocenters. The Kier molecular flexibility index (Phi) is 5.38. The highest BCUT2D eigenvalue weighted by Gasteiger charge is 2.23. The van der Waals surface area contributed by atoms with Crippen LogP contribution in [0, 0.1) is 0 Å². The molecule has 0 bridgehead atoms. The maximum Gasteiger partial charge on any atom is 0.234 e. The molecule has 0 saturated heterocycles. The van der Waals surface area contributed by atoms with Gasteiger partial charge in [-0.05, 0) is 32.0 Å². The van der Waals surface area contributed by atoms with Gasteiger partial charge in [-0.15, -0.1) is 0 Å². The van der Waals surface area contributed by atoms with Crippen molar-refractivity contribution in [1.29, 1.82) is 0 Å². The van der Waals surface area contributed by atoms with Gasteiger partial charge in [0.05, 0.1) is 6.54 Å². The number of carbonyl (C=O) groups is 1. The third kappa shape index (κ3) is 5.59. The number of nitrogens with zero attached hydrogens (tertiary/aromatic N) is 1. The Bertz CT molecular complexity index is 420. The Morgan fingerprint density at radius 3 is 2.80 bits per heavy atom. The van der Waals surface area contributed by atoms with Gasteiger partial charge in [0.1, 0.15) is 18.5 Å². The molecule has 1 aliphatic rings. The minimum Gasteiger partial charge on any atom is -0.491 e. The van der Waals surface area contributed by atoms with Gasteiger partial charge in [0.2, 0.25) is 5.91 Å². The number of amides is 1. The number of ether oxygens (including phenoxy) is 1. The lowest BCUT2D eigenvalue weighted by Gasteiger charge is -2.20. The van der Waals surface area contributed by atoms with E-state index in [4.69, 9.17) is 4.74 Å². The van der Waals surface area contributed by atoms with Crippen molar-refractivity contribution in [2.75, 3.05) is 26.7 Å². The minimum atomic E-state index is -0.617. The topological polar surface area (TPSA) is 61.8 Å². The van der Waals surface area contributed by atoms with E-state index in [1.165, 1.54) is 0 Å². The molecule has 20 heavy (non-hydrogen) atoms. The van der Waals surface area contributed by atoms with Gasteiger partial charge in [0, 0.05) is 12.6 Å². The summed E-state index contributed by atoms with van der Waals surface area (Å²) >= 11 is 0. The maximum atomic E-state index is 11.6. The quantitative estimate of drug-likeness (QED) is 0.732. The van der Waals surface area contributed by atoms with Crippen molar-refractivity contribution in [1.82, 2.24) is 10.2 Å². The average Bonchev–Trinajstić information content (AvgIpc) is 3.21. The van der Waals surface area contributed by atoms with Gasteiger partial charge in [-0.3, -0.25) is 9.69 Å². The van der Waals surface area contributed by atoms with Crippen LogP contribution in [0.1, 0.15) is 12.8 Å². The van der Waals surface area contributed by atoms with Gasteiger partial charge in [0.15, 0.2) is 0 Å². The summed E-state index contributed by atoms with van der Waals surface area (Å²) < 4.78 is 5.47. The molecule has 0 aliphatic heterocycles. The molecule has 0 spiro atoms. The molecular weight excluding hydrogens is 256 g/mol. The van der Waals surface area contributed by atoms with E-state index in [1.54, 1.807) is 4.90 Å². The van der Waals surface area contributed by atoms with E-state index in [1.807, 2.05) is 37.4 Å². The van der Waals surface area contributed by atoms with Crippen LogP contribution in [0.4, 0.5) is 0 Å². The zero-order chi connectivity index (χ0) is 14.4. The molecule has 1 aromatic carbocycles. The summed E-state index contributed by atoms with van der Waals surface area (Å²) in [7, 11) is 1.82. The van der Waals surface area contributed by atoms with Gasteiger partial charge in [-0.2, -0.15) is 0 Å². The van der Waals surface area contributed by atoms with E-state index in [-0.39, 0.29) is 12.5 Å². The molecule has 5 nitrogen and oxygen atoms in total. The molecule has 1 amide bonds. The summed E-state index contributed by atoms with van der Waals surface area (Å²) in [6, 6.07) is 9.75. The standard InChI is InChI=1S/C15H22N2O3/c1-17(10-15(19)16-12-7-8-12)9-13(18)11-20-14-5-3-2-4-6-14/h2-6,12-13,18H,7-11H2,1H3,(H,16,19). The molecule has 1 fully saturated rings. The lowest BCUT2D eigenvalue weighted by Crippen LogP contribution is -2.40. The molecule has 1 atom stereocenters. The minimum absolute atomic E-state index is 0.0196. The van der Waals surface area contributed by atoms with E-state index in [0.29, 0.717) is 19.1 Å². The Hall–Kier alpha value is -1.59. The van der Waals surface area contributed by atoms with Crippen LogP contribution in [0.5, 0.6) is 5.75 Å². The number of hydrogen-bond acceptors (Lipinski definition) is 4. The van der Waals surface area contributed by atoms with Crippen molar-refractivity contribution in [2.24, 2.45) is 0 Å². The second kappa shape index (κ2) is 7.26. The Morgan fingerprint density at radius 2 is 2.15 bits per heavy atom. The average molecular weight is 278 g/mol. The van der Waals surface area contributed by atoms with Crippen LogP contribution in [0.3, 0.4) is 0 Å². The van der Waals surface area contributed by atoms with Crippen molar-refractivity contribution in [2.45, 2.75) is 25.0 Å². The number of hydrogen-bond donors (Lipinski definition) is 2. The lowest BCUT2D eigenvalue weighted by molar-refractivity contribution is -0.122. The molecule has 2 N–H and O–H groups in total. The molecule has 2 rings (SSSR count). The number of rotatable bonds is 8. The first kappa shape index (κ1) is 14.8. The van der Waals surface area contributed by atoms with Crippen LogP contribution < -0.4 is 10.1 Å². The molecule has 1 aliphatic carbocycles. The predicted octanol–water partition coefficient (Wildman–Crippen LogP) is 0.637. The third-order valence-corrected chi connectivity index (χ3v) is 3.06. The third-order valence-electron chi connectivity index (χ3n) is 3.06. The fraction of sp³-hybridized carbons (Fsp3) is 0.533. The fourth-order valence-electron chi connectivity index (χ4n) is 1.93. The van der Waals surface area contributed by atoms with Crippen LogP contribution in [0.2, 0.25) is 0 Å². The van der Waals surface area contributed by atoms with E-state index in [2.05, 4.69) is 5.32 Å². The molecule has 0 radical (unpaired) electrons. The van der Waals surface area contributed by atoms with Gasteiger partial charge in [-0.25, -0.2) is 0 Å². The summed E-state index contributed by atoms with van der Waals surface area (Å²) in [6.45, 7) is 0.933. The highest BCUT2D eigenvalue weighted by molar-refractivity contribution is 5.78. The number of aliphatic hydroxyl groups excluding tert-OH is 1. The fourth-order valence-corrected chi connectivity index (χ4v) is 1.93. The van der Waals surface area contributed by atoms with Gasteiger partial charge < -0.3 is 15.2 Å². The molecule has 110 valence electrons. The number of nitrogens with one attached hydrogen (secondary N) is 1. The van der Waals surface area contributed by atoms with Crippen molar-refractivity contribution in [3.8, 4) is 5.75 Å². The van der Waals surface area contributed by atoms with E-state index in [0.717, 1.165) is 18.6 Å². The summed E-state index contributed by atoms with van der Waals surface area (Å²) in [5.41, 5.74) is 0. The molecule has 1 aromatic rings. The van der Waals surface area contributed by atoms with Crippen molar-refractivity contribution in [3.05, 3.63) is 30.3 Å². The largest absolute Gasteiger partial charge is 0.491 e. The Morgan fingerprint density at radius 1 is 1.45 bits per heavy atom. The normalized spacial score (nSPS) is 15.9. The molecule has 0 aromatic heterocycles. The van der Waals surface area contributed by atoms with Crippen molar-refractivity contribution >= 4 is 5.91 Å². The van der Waals surface area contributed by atoms with Crippen molar-refractivity contribution < 1.29 is 14.6 Å². The lowest BCUT2D eigenvalue weighted by atomic mass is 10.3. The molecule has 0 heterocycles. The second-order valence-electron chi connectivity index (χ2n) is 5.32. The zero-order valence-corrected chi connectivity index (χ0v) is 11.8. The van der Waals surface area contributed by atoms with Crippen LogP contribution in [0.25, 0.3) is 0 Å². The maximum absolute atomic E-state index is 11.6.